The maximum atomic E-state index is 12.2. The number of hydrogen-bond donors (Lipinski definition) is 1. The Morgan fingerprint density at radius 3 is 2.68 bits per heavy atom. The van der Waals surface area contributed by atoms with E-state index in [0.717, 1.165) is 0 Å². The molecule has 1 aromatic heterocycles. The minimum Gasteiger partial charge on any atom is -0.464 e. The van der Waals surface area contributed by atoms with Crippen LogP contribution in [-0.2, 0) is 0 Å². The average Bonchev–Trinajstić information content (AvgIpc) is 2.86. The van der Waals surface area contributed by atoms with Gasteiger partial charge in [-0.1, -0.05) is 23.2 Å². The average molecular weight is 343 g/mol. The molecule has 0 aliphatic carbocycles. The van der Waals surface area contributed by atoms with E-state index in [9.17, 15) is 4.79 Å². The number of hydrogen-bond acceptors (Lipinski definition) is 4. The number of carbonyl (C=O) groups is 1. The van der Waals surface area contributed by atoms with Crippen LogP contribution in [0.3, 0.4) is 0 Å². The summed E-state index contributed by atoms with van der Waals surface area (Å²) in [5, 5.41) is 3.56. The Bertz CT molecular complexity index is 683. The molecule has 22 heavy (non-hydrogen) atoms. The fourth-order valence-corrected chi connectivity index (χ4v) is 2.06. The van der Waals surface area contributed by atoms with Crippen molar-refractivity contribution in [3.05, 3.63) is 33.9 Å². The molecule has 0 saturated carbocycles. The highest BCUT2D eigenvalue weighted by Gasteiger charge is 2.23. The lowest BCUT2D eigenvalue weighted by Gasteiger charge is -2.06. The zero-order valence-electron chi connectivity index (χ0n) is 12.4. The van der Waals surface area contributed by atoms with Crippen LogP contribution < -0.4 is 10.1 Å². The van der Waals surface area contributed by atoms with Crippen LogP contribution in [-0.4, -0.2) is 23.5 Å². The number of benzene rings is 1. The SMILES string of the molecule is CCOc1oc(-c2ccc(Cl)c(Cl)c2)nc1C(=O)NC(C)C. The first-order chi connectivity index (χ1) is 10.4. The van der Waals surface area contributed by atoms with Crippen LogP contribution in [0.15, 0.2) is 22.6 Å². The third kappa shape index (κ3) is 3.72. The molecule has 1 aromatic carbocycles. The van der Waals surface area contributed by atoms with E-state index < -0.39 is 0 Å². The van der Waals surface area contributed by atoms with Gasteiger partial charge in [-0.3, -0.25) is 4.79 Å². The summed E-state index contributed by atoms with van der Waals surface area (Å²) in [6.45, 7) is 5.87. The van der Waals surface area contributed by atoms with E-state index in [1.165, 1.54) is 0 Å². The molecule has 0 spiro atoms. The molecule has 0 aliphatic rings. The third-order valence-corrected chi connectivity index (χ3v) is 3.41. The predicted molar refractivity (Wildman–Crippen MR) is 85.7 cm³/mol. The van der Waals surface area contributed by atoms with Crippen molar-refractivity contribution in [2.24, 2.45) is 0 Å². The van der Waals surface area contributed by atoms with Crippen LogP contribution in [0.4, 0.5) is 0 Å². The summed E-state index contributed by atoms with van der Waals surface area (Å²) in [5.41, 5.74) is 0.718. The van der Waals surface area contributed by atoms with Gasteiger partial charge in [0, 0.05) is 11.6 Å². The normalized spacial score (nSPS) is 10.8. The van der Waals surface area contributed by atoms with Crippen molar-refractivity contribution in [3.63, 3.8) is 0 Å². The van der Waals surface area contributed by atoms with Crippen molar-refractivity contribution in [2.75, 3.05) is 6.61 Å². The van der Waals surface area contributed by atoms with Crippen molar-refractivity contribution in [3.8, 4) is 17.4 Å². The molecule has 0 aliphatic heterocycles. The topological polar surface area (TPSA) is 64.4 Å². The van der Waals surface area contributed by atoms with E-state index in [1.807, 2.05) is 13.8 Å². The number of nitrogens with one attached hydrogen (secondary N) is 1. The lowest BCUT2D eigenvalue weighted by Crippen LogP contribution is -2.30. The van der Waals surface area contributed by atoms with Crippen molar-refractivity contribution in [1.82, 2.24) is 10.3 Å². The Morgan fingerprint density at radius 2 is 2.09 bits per heavy atom. The summed E-state index contributed by atoms with van der Waals surface area (Å²) in [5.74, 6) is -0.0221. The smallest absolute Gasteiger partial charge is 0.319 e. The van der Waals surface area contributed by atoms with E-state index in [0.29, 0.717) is 22.2 Å². The van der Waals surface area contributed by atoms with E-state index >= 15 is 0 Å². The molecule has 118 valence electrons. The molecule has 0 bridgehead atoms. The highest BCUT2D eigenvalue weighted by Crippen LogP contribution is 2.31. The number of halogens is 2. The van der Waals surface area contributed by atoms with Gasteiger partial charge < -0.3 is 14.5 Å². The summed E-state index contributed by atoms with van der Waals surface area (Å²) in [7, 11) is 0. The summed E-state index contributed by atoms with van der Waals surface area (Å²) in [4.78, 5) is 16.4. The summed E-state index contributed by atoms with van der Waals surface area (Å²) in [6, 6.07) is 4.94. The van der Waals surface area contributed by atoms with E-state index in [-0.39, 0.29) is 29.5 Å². The van der Waals surface area contributed by atoms with Gasteiger partial charge in [0.15, 0.2) is 0 Å². The van der Waals surface area contributed by atoms with Gasteiger partial charge in [-0.15, -0.1) is 0 Å². The number of amides is 1. The quantitative estimate of drug-likeness (QED) is 0.884. The number of ether oxygens (including phenoxy) is 1. The highest BCUT2D eigenvalue weighted by atomic mass is 35.5. The first kappa shape index (κ1) is 16.6. The molecule has 5 nitrogen and oxygen atoms in total. The molecular formula is C15H16Cl2N2O3. The number of nitrogens with zero attached hydrogens (tertiary/aromatic N) is 1. The zero-order chi connectivity index (χ0) is 16.3. The monoisotopic (exact) mass is 342 g/mol. The zero-order valence-corrected chi connectivity index (χ0v) is 14.0. The standard InChI is InChI=1S/C15H16Cl2N2O3/c1-4-21-15-12(13(20)18-8(2)3)19-14(22-15)9-5-6-10(16)11(17)7-9/h5-8H,4H2,1-3H3,(H,18,20). The Labute approximate surface area is 138 Å². The molecule has 0 unspecified atom stereocenters. The van der Waals surface area contributed by atoms with E-state index in [2.05, 4.69) is 10.3 Å². The molecule has 0 radical (unpaired) electrons. The minimum absolute atomic E-state index is 0.0212. The predicted octanol–water partition coefficient (Wildman–Crippen LogP) is 4.19. The van der Waals surface area contributed by atoms with Gasteiger partial charge in [0.25, 0.3) is 5.91 Å². The number of carbonyl (C=O) groups excluding carboxylic acids is 1. The maximum absolute atomic E-state index is 12.2. The lowest BCUT2D eigenvalue weighted by atomic mass is 10.2. The Kier molecular flexibility index (Phi) is 5.32. The molecule has 2 aromatic rings. The largest absolute Gasteiger partial charge is 0.464 e. The molecule has 1 heterocycles. The second-order valence-electron chi connectivity index (χ2n) is 4.85. The Balaban J connectivity index is 2.41. The van der Waals surface area contributed by atoms with Crippen LogP contribution in [0.25, 0.3) is 11.5 Å². The van der Waals surface area contributed by atoms with Gasteiger partial charge in [0.05, 0.1) is 16.7 Å². The number of aromatic nitrogens is 1. The van der Waals surface area contributed by atoms with Gasteiger partial charge >= 0.3 is 5.95 Å². The highest BCUT2D eigenvalue weighted by molar-refractivity contribution is 6.42. The van der Waals surface area contributed by atoms with Gasteiger partial charge in [-0.05, 0) is 39.0 Å². The molecular weight excluding hydrogens is 327 g/mol. The van der Waals surface area contributed by atoms with Crippen LogP contribution in [0.5, 0.6) is 5.95 Å². The lowest BCUT2D eigenvalue weighted by molar-refractivity contribution is 0.0932. The van der Waals surface area contributed by atoms with Crippen molar-refractivity contribution in [1.29, 1.82) is 0 Å². The Hall–Kier alpha value is -1.72. The van der Waals surface area contributed by atoms with Gasteiger partial charge in [-0.25, -0.2) is 0 Å². The fraction of sp³-hybridized carbons (Fsp3) is 0.333. The number of oxazole rings is 1. The molecule has 0 fully saturated rings. The third-order valence-electron chi connectivity index (χ3n) is 2.67. The van der Waals surface area contributed by atoms with Crippen LogP contribution in [0, 0.1) is 0 Å². The van der Waals surface area contributed by atoms with Crippen molar-refractivity contribution in [2.45, 2.75) is 26.8 Å². The van der Waals surface area contributed by atoms with Crippen LogP contribution in [0.1, 0.15) is 31.3 Å². The van der Waals surface area contributed by atoms with Gasteiger partial charge in [0.2, 0.25) is 11.6 Å². The second-order valence-corrected chi connectivity index (χ2v) is 5.66. The first-order valence-corrected chi connectivity index (χ1v) is 7.57. The molecule has 1 N–H and O–H groups in total. The molecule has 1 amide bonds. The molecule has 2 rings (SSSR count). The molecule has 7 heteroatoms. The van der Waals surface area contributed by atoms with Crippen molar-refractivity contribution >= 4 is 29.1 Å². The Morgan fingerprint density at radius 1 is 1.36 bits per heavy atom. The summed E-state index contributed by atoms with van der Waals surface area (Å²) in [6.07, 6.45) is 0. The van der Waals surface area contributed by atoms with Crippen LogP contribution >= 0.6 is 23.2 Å². The first-order valence-electron chi connectivity index (χ1n) is 6.82. The van der Waals surface area contributed by atoms with Gasteiger partial charge in [-0.2, -0.15) is 4.98 Å². The van der Waals surface area contributed by atoms with E-state index in [4.69, 9.17) is 32.4 Å². The fourth-order valence-electron chi connectivity index (χ4n) is 1.76. The van der Waals surface area contributed by atoms with Gasteiger partial charge in [0.1, 0.15) is 0 Å². The van der Waals surface area contributed by atoms with E-state index in [1.54, 1.807) is 25.1 Å². The number of rotatable bonds is 5. The second kappa shape index (κ2) is 7.03. The van der Waals surface area contributed by atoms with Crippen LogP contribution in [0.2, 0.25) is 10.0 Å². The molecule has 0 saturated heterocycles. The maximum Gasteiger partial charge on any atom is 0.319 e. The summed E-state index contributed by atoms with van der Waals surface area (Å²) >= 11 is 11.9. The molecule has 0 atom stereocenters. The van der Waals surface area contributed by atoms with Crippen molar-refractivity contribution < 1.29 is 13.9 Å². The minimum atomic E-state index is -0.353. The summed E-state index contributed by atoms with van der Waals surface area (Å²) < 4.78 is 10.9.